The Kier molecular flexibility index (Phi) is 2.65. The monoisotopic (exact) mass is 184 g/mol. The highest BCUT2D eigenvalue weighted by molar-refractivity contribution is 7.70. The van der Waals surface area contributed by atoms with E-state index in [1.807, 2.05) is 6.07 Å². The van der Waals surface area contributed by atoms with Gasteiger partial charge in [-0.25, -0.2) is 0 Å². The van der Waals surface area contributed by atoms with Gasteiger partial charge in [-0.2, -0.15) is 0 Å². The van der Waals surface area contributed by atoms with Crippen molar-refractivity contribution in [2.24, 2.45) is 5.73 Å². The minimum atomic E-state index is -2.21. The molecule has 1 aromatic heterocycles. The lowest BCUT2D eigenvalue weighted by Crippen LogP contribution is -2.14. The molecule has 0 bridgehead atoms. The average molecular weight is 184 g/mol. The third-order valence-corrected chi connectivity index (χ3v) is 3.25. The lowest BCUT2D eigenvalue weighted by molar-refractivity contribution is 0.588. The van der Waals surface area contributed by atoms with Crippen LogP contribution in [-0.2, 0) is 11.1 Å². The van der Waals surface area contributed by atoms with Gasteiger partial charge in [0.15, 0.2) is 0 Å². The molecule has 2 N–H and O–H groups in total. The Hall–Kier alpha value is -0.660. The smallest absolute Gasteiger partial charge is 0.111 e. The normalized spacial score (nSPS) is 11.6. The van der Waals surface area contributed by atoms with E-state index in [-0.39, 0.29) is 0 Å². The molecule has 3 nitrogen and oxygen atoms in total. The maximum Gasteiger partial charge on any atom is 0.111 e. The third kappa shape index (κ3) is 1.93. The van der Waals surface area contributed by atoms with Crippen molar-refractivity contribution in [3.8, 4) is 0 Å². The van der Waals surface area contributed by atoms with E-state index >= 15 is 0 Å². The molecule has 1 heterocycles. The first-order valence-electron chi connectivity index (χ1n) is 3.74. The molecule has 0 aromatic carbocycles. The molecule has 1 rings (SSSR count). The van der Waals surface area contributed by atoms with E-state index in [9.17, 15) is 4.57 Å². The van der Waals surface area contributed by atoms with Crippen LogP contribution >= 0.6 is 7.14 Å². The van der Waals surface area contributed by atoms with E-state index in [1.54, 1.807) is 25.7 Å². The Labute approximate surface area is 72.4 Å². The fourth-order valence-electron chi connectivity index (χ4n) is 1.07. The molecule has 0 fully saturated rings. The van der Waals surface area contributed by atoms with Gasteiger partial charge in [-0.15, -0.1) is 0 Å². The summed E-state index contributed by atoms with van der Waals surface area (Å²) in [5.74, 6) is 0. The molecule has 0 saturated heterocycles. The first-order chi connectivity index (χ1) is 5.55. The molecular formula is C8H13N2OP. The Morgan fingerprint density at radius 3 is 2.67 bits per heavy atom. The highest BCUT2D eigenvalue weighted by atomic mass is 31.2. The quantitative estimate of drug-likeness (QED) is 0.691. The van der Waals surface area contributed by atoms with E-state index in [2.05, 4.69) is 4.98 Å². The van der Waals surface area contributed by atoms with Crippen LogP contribution in [0, 0.1) is 0 Å². The minimum Gasteiger partial charge on any atom is -0.326 e. The number of nitrogens with two attached hydrogens (primary N) is 1. The van der Waals surface area contributed by atoms with Gasteiger partial charge < -0.3 is 10.3 Å². The summed E-state index contributed by atoms with van der Waals surface area (Å²) in [6, 6.07) is 1.81. The average Bonchev–Trinajstić information content (AvgIpc) is 2.03. The van der Waals surface area contributed by atoms with Gasteiger partial charge in [0, 0.05) is 24.2 Å². The Morgan fingerprint density at radius 1 is 1.58 bits per heavy atom. The largest absolute Gasteiger partial charge is 0.326 e. The molecule has 0 aliphatic rings. The summed E-state index contributed by atoms with van der Waals surface area (Å²) < 4.78 is 11.7. The maximum absolute atomic E-state index is 11.7. The number of nitrogens with zero attached hydrogens (tertiary/aromatic N) is 1. The van der Waals surface area contributed by atoms with Crippen LogP contribution in [0.4, 0.5) is 0 Å². The zero-order valence-electron chi connectivity index (χ0n) is 7.32. The maximum atomic E-state index is 11.7. The SMILES string of the molecule is CP(C)(=O)c1cnccc1CN. The van der Waals surface area contributed by atoms with Gasteiger partial charge >= 0.3 is 0 Å². The molecular weight excluding hydrogens is 171 g/mol. The summed E-state index contributed by atoms with van der Waals surface area (Å²) in [6.07, 6.45) is 3.31. The van der Waals surface area contributed by atoms with Crippen LogP contribution in [0.15, 0.2) is 18.5 Å². The fraction of sp³-hybridized carbons (Fsp3) is 0.375. The molecule has 1 aromatic rings. The second-order valence-corrected chi connectivity index (χ2v) is 6.24. The molecule has 0 amide bonds. The van der Waals surface area contributed by atoms with Crippen LogP contribution in [0.3, 0.4) is 0 Å². The van der Waals surface area contributed by atoms with Crippen molar-refractivity contribution in [1.29, 1.82) is 0 Å². The predicted molar refractivity (Wildman–Crippen MR) is 51.2 cm³/mol. The van der Waals surface area contributed by atoms with Crippen molar-refractivity contribution in [3.05, 3.63) is 24.0 Å². The second kappa shape index (κ2) is 3.38. The zero-order chi connectivity index (χ0) is 9.19. The van der Waals surface area contributed by atoms with Crippen LogP contribution in [0.1, 0.15) is 5.56 Å². The number of pyridine rings is 1. The second-order valence-electron chi connectivity index (χ2n) is 3.06. The Balaban J connectivity index is 3.23. The van der Waals surface area contributed by atoms with Gasteiger partial charge in [-0.3, -0.25) is 4.98 Å². The fourth-order valence-corrected chi connectivity index (χ4v) is 2.27. The summed E-state index contributed by atoms with van der Waals surface area (Å²) in [5, 5.41) is 0.799. The number of hydrogen-bond acceptors (Lipinski definition) is 3. The lowest BCUT2D eigenvalue weighted by Gasteiger charge is -2.10. The van der Waals surface area contributed by atoms with Crippen LogP contribution in [-0.4, -0.2) is 18.3 Å². The predicted octanol–water partition coefficient (Wildman–Crippen LogP) is 0.788. The minimum absolute atomic E-state index is 0.420. The number of hydrogen-bond donors (Lipinski definition) is 1. The van der Waals surface area contributed by atoms with Gasteiger partial charge in [0.25, 0.3) is 0 Å². The molecule has 66 valence electrons. The highest BCUT2D eigenvalue weighted by Crippen LogP contribution is 2.35. The van der Waals surface area contributed by atoms with Gasteiger partial charge in [0.1, 0.15) is 7.14 Å². The standard InChI is InChI=1S/C8H13N2OP/c1-12(2,11)8-6-10-4-3-7(8)5-9/h3-4,6H,5,9H2,1-2H3. The molecule has 0 aliphatic carbocycles. The molecule has 0 spiro atoms. The van der Waals surface area contributed by atoms with Gasteiger partial charge in [-0.1, -0.05) is 0 Å². The number of aromatic nitrogens is 1. The summed E-state index contributed by atoms with van der Waals surface area (Å²) in [5.41, 5.74) is 6.43. The third-order valence-electron chi connectivity index (χ3n) is 1.69. The first kappa shape index (κ1) is 9.43. The van der Waals surface area contributed by atoms with Crippen LogP contribution in [0.2, 0.25) is 0 Å². The van der Waals surface area contributed by atoms with Crippen molar-refractivity contribution < 1.29 is 4.57 Å². The topological polar surface area (TPSA) is 56.0 Å². The summed E-state index contributed by atoms with van der Waals surface area (Å²) >= 11 is 0. The molecule has 12 heavy (non-hydrogen) atoms. The van der Waals surface area contributed by atoms with Crippen molar-refractivity contribution in [1.82, 2.24) is 4.98 Å². The van der Waals surface area contributed by atoms with E-state index in [1.165, 1.54) is 0 Å². The van der Waals surface area contributed by atoms with E-state index in [0.717, 1.165) is 10.9 Å². The van der Waals surface area contributed by atoms with Crippen molar-refractivity contribution >= 4 is 12.4 Å². The lowest BCUT2D eigenvalue weighted by atomic mass is 10.3. The zero-order valence-corrected chi connectivity index (χ0v) is 8.21. The summed E-state index contributed by atoms with van der Waals surface area (Å²) in [7, 11) is -2.21. The summed E-state index contributed by atoms with van der Waals surface area (Å²) in [4.78, 5) is 3.93. The molecule has 0 atom stereocenters. The molecule has 0 radical (unpaired) electrons. The van der Waals surface area contributed by atoms with E-state index in [4.69, 9.17) is 5.73 Å². The molecule has 4 heteroatoms. The molecule has 0 aliphatic heterocycles. The Bertz CT molecular complexity index is 319. The van der Waals surface area contributed by atoms with Crippen LogP contribution < -0.4 is 11.0 Å². The van der Waals surface area contributed by atoms with Gasteiger partial charge in [0.2, 0.25) is 0 Å². The van der Waals surface area contributed by atoms with E-state index < -0.39 is 7.14 Å². The van der Waals surface area contributed by atoms with Crippen LogP contribution in [0.25, 0.3) is 0 Å². The van der Waals surface area contributed by atoms with Crippen molar-refractivity contribution in [3.63, 3.8) is 0 Å². The van der Waals surface area contributed by atoms with E-state index in [0.29, 0.717) is 6.54 Å². The van der Waals surface area contributed by atoms with Crippen LogP contribution in [0.5, 0.6) is 0 Å². The van der Waals surface area contributed by atoms with Crippen molar-refractivity contribution in [2.45, 2.75) is 6.54 Å². The first-order valence-corrected chi connectivity index (χ1v) is 6.34. The number of rotatable bonds is 2. The Morgan fingerprint density at radius 2 is 2.25 bits per heavy atom. The van der Waals surface area contributed by atoms with Gasteiger partial charge in [0.05, 0.1) is 0 Å². The van der Waals surface area contributed by atoms with Gasteiger partial charge in [-0.05, 0) is 25.0 Å². The molecule has 0 saturated carbocycles. The molecule has 0 unspecified atom stereocenters. The van der Waals surface area contributed by atoms with Crippen molar-refractivity contribution in [2.75, 3.05) is 13.3 Å². The summed E-state index contributed by atoms with van der Waals surface area (Å²) in [6.45, 7) is 3.87. The highest BCUT2D eigenvalue weighted by Gasteiger charge is 2.14.